The normalized spacial score (nSPS) is 14.4. The Bertz CT molecular complexity index is 36.2. The van der Waals surface area contributed by atoms with Crippen LogP contribution in [-0.4, -0.2) is 6.54 Å². The molecule has 1 aliphatic rings. The molecule has 0 saturated carbocycles. The van der Waals surface area contributed by atoms with Crippen LogP contribution in [0.2, 0.25) is 0 Å². The Morgan fingerprint density at radius 2 is 1.80 bits per heavy atom. The lowest BCUT2D eigenvalue weighted by atomic mass is 10.5. The third-order valence-electron chi connectivity index (χ3n) is 0.471. The van der Waals surface area contributed by atoms with Crippen LogP contribution >= 0.6 is 12.4 Å². The average molecular weight is 91.5 g/mol. The highest BCUT2D eigenvalue weighted by Gasteiger charge is 1.76. The Morgan fingerprint density at radius 3 is 1.80 bits per heavy atom. The first-order valence-corrected chi connectivity index (χ1v) is 1.38. The van der Waals surface area contributed by atoms with Crippen molar-refractivity contribution in [1.82, 2.24) is 5.32 Å². The summed E-state index contributed by atoms with van der Waals surface area (Å²) in [5, 5.41) is 2.93. The molecule has 0 amide bonds. The molecule has 1 nitrogen and oxygen atoms in total. The van der Waals surface area contributed by atoms with Gasteiger partial charge in [0, 0.05) is 6.54 Å². The summed E-state index contributed by atoms with van der Waals surface area (Å²) in [6.45, 7) is 1.07. The van der Waals surface area contributed by atoms with E-state index in [0.29, 0.717) is 0 Å². The third kappa shape index (κ3) is 0.874. The van der Waals surface area contributed by atoms with E-state index in [-0.39, 0.29) is 12.4 Å². The van der Waals surface area contributed by atoms with Gasteiger partial charge in [-0.05, 0) is 12.3 Å². The van der Waals surface area contributed by atoms with Crippen molar-refractivity contribution in [3.05, 3.63) is 12.3 Å². The van der Waals surface area contributed by atoms with Gasteiger partial charge in [-0.25, -0.2) is 0 Å². The fraction of sp³-hybridized carbons (Fsp3) is 0.333. The van der Waals surface area contributed by atoms with Crippen LogP contribution in [0.25, 0.3) is 0 Å². The second kappa shape index (κ2) is 2.09. The zero-order valence-corrected chi connectivity index (χ0v) is 3.59. The molecule has 0 fully saturated rings. The van der Waals surface area contributed by atoms with Crippen LogP contribution < -0.4 is 5.32 Å². The van der Waals surface area contributed by atoms with Gasteiger partial charge in [0.2, 0.25) is 0 Å². The van der Waals surface area contributed by atoms with Crippen molar-refractivity contribution >= 4 is 12.4 Å². The van der Waals surface area contributed by atoms with Crippen LogP contribution in [0.15, 0.2) is 12.3 Å². The fourth-order valence-corrected chi connectivity index (χ4v) is 0.118. The van der Waals surface area contributed by atoms with E-state index in [1.807, 2.05) is 6.20 Å². The topological polar surface area (TPSA) is 12.0 Å². The minimum atomic E-state index is 0. The Balaban J connectivity index is 0.000000160. The van der Waals surface area contributed by atoms with Crippen LogP contribution in [0.4, 0.5) is 0 Å². The Labute approximate surface area is 37.5 Å². The molecule has 0 radical (unpaired) electrons. The van der Waals surface area contributed by atoms with E-state index < -0.39 is 0 Å². The molecule has 1 rings (SSSR count). The molecule has 1 heterocycles. The van der Waals surface area contributed by atoms with Crippen LogP contribution in [0.5, 0.6) is 0 Å². The Hall–Kier alpha value is -0.170. The number of halogens is 1. The zero-order chi connectivity index (χ0) is 2.83. The average Bonchev–Trinajstić information content (AvgIpc) is 0.722. The molecular formula is C3H6ClN. The maximum absolute atomic E-state index is 2.93. The SMILES string of the molecule is C1=CNC1.Cl. The van der Waals surface area contributed by atoms with E-state index in [0.717, 1.165) is 6.54 Å². The van der Waals surface area contributed by atoms with E-state index in [1.54, 1.807) is 0 Å². The highest BCUT2D eigenvalue weighted by molar-refractivity contribution is 5.85. The van der Waals surface area contributed by atoms with Gasteiger partial charge in [0.25, 0.3) is 0 Å². The van der Waals surface area contributed by atoms with Crippen LogP contribution in [0, 0.1) is 0 Å². The molecular weight excluding hydrogens is 85.5 g/mol. The summed E-state index contributed by atoms with van der Waals surface area (Å²) in [6, 6.07) is 0. The van der Waals surface area contributed by atoms with Crippen molar-refractivity contribution in [3.63, 3.8) is 0 Å². The van der Waals surface area contributed by atoms with Gasteiger partial charge in [0.1, 0.15) is 0 Å². The van der Waals surface area contributed by atoms with E-state index in [1.165, 1.54) is 0 Å². The molecule has 0 bridgehead atoms. The summed E-state index contributed by atoms with van der Waals surface area (Å²) in [5.41, 5.74) is 0. The number of hydrogen-bond acceptors (Lipinski definition) is 1. The molecule has 0 aromatic carbocycles. The maximum Gasteiger partial charge on any atom is 0.0342 e. The summed E-state index contributed by atoms with van der Waals surface area (Å²) in [6.07, 6.45) is 4.00. The van der Waals surface area contributed by atoms with Crippen molar-refractivity contribution in [2.45, 2.75) is 0 Å². The summed E-state index contributed by atoms with van der Waals surface area (Å²) in [4.78, 5) is 0. The molecule has 2 heteroatoms. The lowest BCUT2D eigenvalue weighted by Crippen LogP contribution is -2.12. The largest absolute Gasteiger partial charge is 0.388 e. The fourth-order valence-electron chi connectivity index (χ4n) is 0.118. The molecule has 0 unspecified atom stereocenters. The van der Waals surface area contributed by atoms with Gasteiger partial charge in [0.05, 0.1) is 0 Å². The smallest absolute Gasteiger partial charge is 0.0342 e. The standard InChI is InChI=1S/C3H5N.ClH/c1-2-4-3-1;/h1-2,4H,3H2;1H. The minimum absolute atomic E-state index is 0. The van der Waals surface area contributed by atoms with Crippen molar-refractivity contribution in [2.24, 2.45) is 0 Å². The molecule has 0 aromatic rings. The molecule has 0 aromatic heterocycles. The lowest BCUT2D eigenvalue weighted by Gasteiger charge is -1.99. The molecule has 1 aliphatic heterocycles. The first-order chi connectivity index (χ1) is 2.00. The molecule has 1 N–H and O–H groups in total. The van der Waals surface area contributed by atoms with E-state index in [2.05, 4.69) is 11.4 Å². The molecule has 0 aliphatic carbocycles. The van der Waals surface area contributed by atoms with Crippen molar-refractivity contribution in [3.8, 4) is 0 Å². The van der Waals surface area contributed by atoms with Crippen LogP contribution in [-0.2, 0) is 0 Å². The van der Waals surface area contributed by atoms with Gasteiger partial charge < -0.3 is 5.32 Å². The second-order valence-electron chi connectivity index (χ2n) is 0.811. The van der Waals surface area contributed by atoms with E-state index in [9.17, 15) is 0 Å². The molecule has 5 heavy (non-hydrogen) atoms. The number of rotatable bonds is 0. The maximum atomic E-state index is 2.93. The molecule has 0 saturated heterocycles. The van der Waals surface area contributed by atoms with Crippen LogP contribution in [0.1, 0.15) is 0 Å². The molecule has 0 atom stereocenters. The van der Waals surface area contributed by atoms with Crippen molar-refractivity contribution < 1.29 is 0 Å². The molecule has 30 valence electrons. The van der Waals surface area contributed by atoms with Gasteiger partial charge in [-0.1, -0.05) is 0 Å². The van der Waals surface area contributed by atoms with Gasteiger partial charge in [-0.15, -0.1) is 12.4 Å². The van der Waals surface area contributed by atoms with Crippen molar-refractivity contribution in [1.29, 1.82) is 0 Å². The highest BCUT2D eigenvalue weighted by Crippen LogP contribution is 1.73. The summed E-state index contributed by atoms with van der Waals surface area (Å²) in [7, 11) is 0. The molecule has 0 spiro atoms. The third-order valence-corrected chi connectivity index (χ3v) is 0.471. The zero-order valence-electron chi connectivity index (χ0n) is 2.77. The van der Waals surface area contributed by atoms with Gasteiger partial charge in [0.15, 0.2) is 0 Å². The quantitative estimate of drug-likeness (QED) is 0.459. The number of nitrogens with one attached hydrogen (secondary N) is 1. The number of hydrogen-bond donors (Lipinski definition) is 1. The van der Waals surface area contributed by atoms with Gasteiger partial charge in [-0.3, -0.25) is 0 Å². The predicted molar refractivity (Wildman–Crippen MR) is 24.4 cm³/mol. The minimum Gasteiger partial charge on any atom is -0.388 e. The highest BCUT2D eigenvalue weighted by atomic mass is 35.5. The summed E-state index contributed by atoms with van der Waals surface area (Å²) >= 11 is 0. The second-order valence-corrected chi connectivity index (χ2v) is 0.811. The van der Waals surface area contributed by atoms with Gasteiger partial charge in [-0.2, -0.15) is 0 Å². The summed E-state index contributed by atoms with van der Waals surface area (Å²) < 4.78 is 0. The Kier molecular flexibility index (Phi) is 2.02. The first kappa shape index (κ1) is 4.83. The van der Waals surface area contributed by atoms with Crippen molar-refractivity contribution in [2.75, 3.05) is 6.54 Å². The van der Waals surface area contributed by atoms with E-state index >= 15 is 0 Å². The first-order valence-electron chi connectivity index (χ1n) is 1.38. The van der Waals surface area contributed by atoms with E-state index in [4.69, 9.17) is 0 Å². The Morgan fingerprint density at radius 1 is 1.60 bits per heavy atom. The predicted octanol–water partition coefficient (Wildman–Crippen LogP) is 0.525. The van der Waals surface area contributed by atoms with Crippen LogP contribution in [0.3, 0.4) is 0 Å². The van der Waals surface area contributed by atoms with Gasteiger partial charge >= 0.3 is 0 Å². The lowest BCUT2D eigenvalue weighted by molar-refractivity contribution is 0.902. The summed E-state index contributed by atoms with van der Waals surface area (Å²) in [5.74, 6) is 0. The monoisotopic (exact) mass is 91.0 g/mol.